The molecule has 2 aliphatic rings. The topological polar surface area (TPSA) is 52.7 Å². The third kappa shape index (κ3) is 3.30. The van der Waals surface area contributed by atoms with Crippen LogP contribution in [0.4, 0.5) is 5.69 Å². The normalized spacial score (nSPS) is 24.9. The fourth-order valence-corrected chi connectivity index (χ4v) is 2.89. The van der Waals surface area contributed by atoms with E-state index in [1.807, 2.05) is 36.1 Å². The number of hydrogen-bond acceptors (Lipinski definition) is 3. The second kappa shape index (κ2) is 6.08. The van der Waals surface area contributed by atoms with E-state index in [0.717, 1.165) is 37.4 Å². The van der Waals surface area contributed by atoms with Gasteiger partial charge in [0, 0.05) is 31.9 Å². The first kappa shape index (κ1) is 15.0. The molecule has 1 aliphatic heterocycles. The van der Waals surface area contributed by atoms with Crippen LogP contribution in [0.15, 0.2) is 24.3 Å². The van der Waals surface area contributed by atoms with Gasteiger partial charge >= 0.3 is 0 Å². The van der Waals surface area contributed by atoms with Crippen LogP contribution in [0, 0.1) is 18.8 Å². The molecule has 0 spiro atoms. The highest BCUT2D eigenvalue weighted by Crippen LogP contribution is 2.41. The number of nitrogens with one attached hydrogen (secondary N) is 1. The highest BCUT2D eigenvalue weighted by molar-refractivity contribution is 5.99. The molecular weight excluding hydrogens is 278 g/mol. The van der Waals surface area contributed by atoms with Gasteiger partial charge in [0.25, 0.3) is 0 Å². The Morgan fingerprint density at radius 2 is 1.68 bits per heavy atom. The summed E-state index contributed by atoms with van der Waals surface area (Å²) < 4.78 is 0. The van der Waals surface area contributed by atoms with Crippen molar-refractivity contribution in [2.24, 2.45) is 11.8 Å². The van der Waals surface area contributed by atoms with Gasteiger partial charge in [-0.2, -0.15) is 0 Å². The first-order valence-electron chi connectivity index (χ1n) is 7.89. The summed E-state index contributed by atoms with van der Waals surface area (Å²) in [6.07, 6.45) is 0.683. The summed E-state index contributed by atoms with van der Waals surface area (Å²) in [4.78, 5) is 28.8. The van der Waals surface area contributed by atoms with Gasteiger partial charge in [0.2, 0.25) is 11.8 Å². The van der Waals surface area contributed by atoms with Crippen LogP contribution in [0.25, 0.3) is 0 Å². The maximum absolute atomic E-state index is 12.4. The number of carbonyl (C=O) groups excluding carboxylic acids is 2. The summed E-state index contributed by atoms with van der Waals surface area (Å²) in [6.45, 7) is 5.39. The van der Waals surface area contributed by atoms with Gasteiger partial charge in [-0.3, -0.25) is 9.59 Å². The van der Waals surface area contributed by atoms with Gasteiger partial charge < -0.3 is 15.1 Å². The molecule has 1 aliphatic carbocycles. The number of hydrogen-bond donors (Lipinski definition) is 1. The third-order valence-corrected chi connectivity index (χ3v) is 4.58. The van der Waals surface area contributed by atoms with Crippen molar-refractivity contribution in [2.45, 2.75) is 13.3 Å². The Labute approximate surface area is 131 Å². The molecule has 1 heterocycles. The molecule has 2 unspecified atom stereocenters. The van der Waals surface area contributed by atoms with E-state index in [4.69, 9.17) is 0 Å². The van der Waals surface area contributed by atoms with Gasteiger partial charge in [-0.15, -0.1) is 0 Å². The predicted octanol–water partition coefficient (Wildman–Crippen LogP) is 1.34. The first-order valence-corrected chi connectivity index (χ1v) is 7.89. The fraction of sp³-hybridized carbons (Fsp3) is 0.529. The van der Waals surface area contributed by atoms with Crippen LogP contribution >= 0.6 is 0 Å². The molecule has 2 fully saturated rings. The van der Waals surface area contributed by atoms with E-state index in [9.17, 15) is 9.59 Å². The highest BCUT2D eigenvalue weighted by atomic mass is 16.2. The molecule has 5 heteroatoms. The quantitative estimate of drug-likeness (QED) is 0.917. The minimum Gasteiger partial charge on any atom is -0.340 e. The molecule has 0 aromatic heterocycles. The lowest BCUT2D eigenvalue weighted by Crippen LogP contribution is -2.48. The van der Waals surface area contributed by atoms with Gasteiger partial charge in [0.15, 0.2) is 0 Å². The Morgan fingerprint density at radius 1 is 1.05 bits per heavy atom. The van der Waals surface area contributed by atoms with Gasteiger partial charge in [-0.25, -0.2) is 0 Å². The number of likely N-dealkylation sites (N-methyl/N-ethyl adjacent to an activating group) is 1. The Morgan fingerprint density at radius 3 is 2.32 bits per heavy atom. The van der Waals surface area contributed by atoms with Crippen molar-refractivity contribution in [1.29, 1.82) is 0 Å². The van der Waals surface area contributed by atoms with E-state index in [1.165, 1.54) is 0 Å². The molecule has 1 saturated heterocycles. The molecule has 2 amide bonds. The Bertz CT molecular complexity index is 562. The molecule has 3 rings (SSSR count). The number of piperazine rings is 1. The maximum Gasteiger partial charge on any atom is 0.228 e. The van der Waals surface area contributed by atoms with Crippen molar-refractivity contribution in [3.63, 3.8) is 0 Å². The number of benzene rings is 1. The summed E-state index contributed by atoms with van der Waals surface area (Å²) in [7, 11) is 2.07. The summed E-state index contributed by atoms with van der Waals surface area (Å²) in [5.41, 5.74) is 1.96. The second-order valence-corrected chi connectivity index (χ2v) is 6.43. The summed E-state index contributed by atoms with van der Waals surface area (Å²) >= 11 is 0. The molecule has 1 saturated carbocycles. The van der Waals surface area contributed by atoms with Crippen molar-refractivity contribution >= 4 is 17.5 Å². The number of rotatable bonds is 3. The van der Waals surface area contributed by atoms with Crippen LogP contribution in [-0.4, -0.2) is 54.8 Å². The van der Waals surface area contributed by atoms with E-state index in [-0.39, 0.29) is 23.7 Å². The lowest BCUT2D eigenvalue weighted by molar-refractivity contribution is -0.135. The van der Waals surface area contributed by atoms with Crippen LogP contribution < -0.4 is 5.32 Å². The Kier molecular flexibility index (Phi) is 4.16. The Balaban J connectivity index is 1.51. The van der Waals surface area contributed by atoms with Gasteiger partial charge in [0.05, 0.1) is 11.8 Å². The Hall–Kier alpha value is -1.88. The highest BCUT2D eigenvalue weighted by Gasteiger charge is 2.49. The molecule has 1 aromatic rings. The molecule has 2 atom stereocenters. The van der Waals surface area contributed by atoms with Crippen molar-refractivity contribution in [3.8, 4) is 0 Å². The first-order chi connectivity index (χ1) is 10.5. The van der Waals surface area contributed by atoms with Crippen LogP contribution in [0.2, 0.25) is 0 Å². The number of anilines is 1. The summed E-state index contributed by atoms with van der Waals surface area (Å²) in [5.74, 6) is -0.157. The van der Waals surface area contributed by atoms with Crippen LogP contribution in [0.3, 0.4) is 0 Å². The summed E-state index contributed by atoms with van der Waals surface area (Å²) in [6, 6.07) is 7.73. The van der Waals surface area contributed by atoms with Crippen molar-refractivity contribution in [2.75, 3.05) is 38.5 Å². The van der Waals surface area contributed by atoms with Gasteiger partial charge in [-0.05, 0) is 32.5 Å². The number of carbonyl (C=O) groups is 2. The zero-order valence-electron chi connectivity index (χ0n) is 13.2. The second-order valence-electron chi connectivity index (χ2n) is 6.43. The molecule has 5 nitrogen and oxygen atoms in total. The smallest absolute Gasteiger partial charge is 0.228 e. The zero-order chi connectivity index (χ0) is 15.7. The van der Waals surface area contributed by atoms with Crippen LogP contribution in [0.5, 0.6) is 0 Å². The number of aryl methyl sites for hydroxylation is 1. The standard InChI is InChI=1S/C17H23N3O2/c1-12-3-5-13(6-4-12)18-16(21)14-11-15(14)17(22)20-9-7-19(2)8-10-20/h3-6,14-15H,7-11H2,1-2H3,(H,18,21). The monoisotopic (exact) mass is 301 g/mol. The molecular formula is C17H23N3O2. The van der Waals surface area contributed by atoms with Gasteiger partial charge in [0.1, 0.15) is 0 Å². The zero-order valence-corrected chi connectivity index (χ0v) is 13.2. The lowest BCUT2D eigenvalue weighted by atomic mass is 10.2. The maximum atomic E-state index is 12.4. The molecule has 22 heavy (non-hydrogen) atoms. The average Bonchev–Trinajstić information content (AvgIpc) is 3.30. The fourth-order valence-electron chi connectivity index (χ4n) is 2.89. The third-order valence-electron chi connectivity index (χ3n) is 4.58. The van der Waals surface area contributed by atoms with Crippen molar-refractivity contribution in [3.05, 3.63) is 29.8 Å². The lowest BCUT2D eigenvalue weighted by Gasteiger charge is -2.32. The largest absolute Gasteiger partial charge is 0.340 e. The summed E-state index contributed by atoms with van der Waals surface area (Å²) in [5, 5.41) is 2.91. The van der Waals surface area contributed by atoms with Crippen LogP contribution in [-0.2, 0) is 9.59 Å². The molecule has 1 aromatic carbocycles. The minimum absolute atomic E-state index is 0.0312. The predicted molar refractivity (Wildman–Crippen MR) is 85.5 cm³/mol. The van der Waals surface area contributed by atoms with E-state index in [0.29, 0.717) is 6.42 Å². The number of amides is 2. The van der Waals surface area contributed by atoms with Crippen LogP contribution in [0.1, 0.15) is 12.0 Å². The molecule has 1 N–H and O–H groups in total. The minimum atomic E-state index is -0.159. The van der Waals surface area contributed by atoms with E-state index in [2.05, 4.69) is 17.3 Å². The van der Waals surface area contributed by atoms with Gasteiger partial charge in [-0.1, -0.05) is 17.7 Å². The van der Waals surface area contributed by atoms with E-state index >= 15 is 0 Å². The van der Waals surface area contributed by atoms with Crippen molar-refractivity contribution in [1.82, 2.24) is 9.80 Å². The van der Waals surface area contributed by atoms with Crippen molar-refractivity contribution < 1.29 is 9.59 Å². The SMILES string of the molecule is Cc1ccc(NC(=O)C2CC2C(=O)N2CCN(C)CC2)cc1. The molecule has 0 radical (unpaired) electrons. The molecule has 118 valence electrons. The van der Waals surface area contributed by atoms with E-state index < -0.39 is 0 Å². The molecule has 0 bridgehead atoms. The number of nitrogens with zero attached hydrogens (tertiary/aromatic N) is 2. The van der Waals surface area contributed by atoms with E-state index in [1.54, 1.807) is 0 Å². The average molecular weight is 301 g/mol.